The molecule has 1 saturated heterocycles. The van der Waals surface area contributed by atoms with Crippen LogP contribution in [0, 0.1) is 5.92 Å². The Kier molecular flexibility index (Phi) is 6.55. The van der Waals surface area contributed by atoms with Crippen molar-refractivity contribution in [2.75, 3.05) is 27.3 Å². The molecule has 1 aliphatic rings. The Bertz CT molecular complexity index is 883. The predicted molar refractivity (Wildman–Crippen MR) is 105 cm³/mol. The molecule has 1 heterocycles. The van der Waals surface area contributed by atoms with E-state index in [0.717, 1.165) is 12.1 Å². The van der Waals surface area contributed by atoms with Crippen molar-refractivity contribution in [2.24, 2.45) is 5.92 Å². The van der Waals surface area contributed by atoms with Crippen molar-refractivity contribution in [3.63, 3.8) is 0 Å². The largest absolute Gasteiger partial charge is 0.493 e. The molecule has 30 heavy (non-hydrogen) atoms. The Balaban J connectivity index is 2.09. The molecule has 1 aliphatic heterocycles. The Morgan fingerprint density at radius 2 is 1.83 bits per heavy atom. The number of benzene rings is 2. The zero-order valence-corrected chi connectivity index (χ0v) is 16.8. The molecule has 2 aromatic rings. The first-order valence-electron chi connectivity index (χ1n) is 9.61. The standard InChI is InChI=1S/C22H24F3NO4/c1-29-18-7-3-6-17(20(18)30-2)19(26-12-4-5-15(13-26)21(27)28)14-8-10-16(11-9-14)22(23,24)25/h3,6-11,15,19H,4-5,12-13H2,1-2H3,(H,27,28). The third-order valence-corrected chi connectivity index (χ3v) is 5.45. The van der Waals surface area contributed by atoms with Crippen molar-refractivity contribution in [3.05, 3.63) is 59.2 Å². The van der Waals surface area contributed by atoms with E-state index in [1.165, 1.54) is 26.4 Å². The molecule has 0 radical (unpaired) electrons. The molecule has 0 amide bonds. The van der Waals surface area contributed by atoms with Gasteiger partial charge in [-0.1, -0.05) is 24.3 Å². The third-order valence-electron chi connectivity index (χ3n) is 5.45. The molecule has 8 heteroatoms. The smallest absolute Gasteiger partial charge is 0.416 e. The van der Waals surface area contributed by atoms with E-state index in [1.54, 1.807) is 12.1 Å². The summed E-state index contributed by atoms with van der Waals surface area (Å²) in [5.74, 6) is -0.433. The van der Waals surface area contributed by atoms with Crippen molar-refractivity contribution in [3.8, 4) is 11.5 Å². The van der Waals surface area contributed by atoms with E-state index in [9.17, 15) is 23.1 Å². The molecular formula is C22H24F3NO4. The van der Waals surface area contributed by atoms with E-state index >= 15 is 0 Å². The average Bonchev–Trinajstić information content (AvgIpc) is 2.73. The lowest BCUT2D eigenvalue weighted by Crippen LogP contribution is -2.41. The van der Waals surface area contributed by atoms with Gasteiger partial charge in [0.2, 0.25) is 0 Å². The minimum absolute atomic E-state index is 0.293. The van der Waals surface area contributed by atoms with Crippen LogP contribution in [0.5, 0.6) is 11.5 Å². The van der Waals surface area contributed by atoms with Gasteiger partial charge in [0, 0.05) is 12.1 Å². The van der Waals surface area contributed by atoms with Gasteiger partial charge in [0.15, 0.2) is 11.5 Å². The Labute approximate surface area is 173 Å². The summed E-state index contributed by atoms with van der Waals surface area (Å²) in [5.41, 5.74) is 0.605. The number of carboxylic acids is 1. The van der Waals surface area contributed by atoms with Gasteiger partial charge >= 0.3 is 12.1 Å². The SMILES string of the molecule is COc1cccc(C(c2ccc(C(F)(F)F)cc2)N2CCCC(C(=O)O)C2)c1OC. The average molecular weight is 423 g/mol. The van der Waals surface area contributed by atoms with E-state index < -0.39 is 29.7 Å². The summed E-state index contributed by atoms with van der Waals surface area (Å²) in [7, 11) is 3.01. The highest BCUT2D eigenvalue weighted by Gasteiger charge is 2.34. The topological polar surface area (TPSA) is 59.0 Å². The van der Waals surface area contributed by atoms with E-state index in [1.807, 2.05) is 11.0 Å². The van der Waals surface area contributed by atoms with E-state index in [4.69, 9.17) is 9.47 Å². The van der Waals surface area contributed by atoms with Crippen LogP contribution in [-0.4, -0.2) is 43.3 Å². The number of alkyl halides is 3. The number of ether oxygens (including phenoxy) is 2. The number of carbonyl (C=O) groups is 1. The minimum atomic E-state index is -4.43. The molecule has 162 valence electrons. The zero-order chi connectivity index (χ0) is 21.9. The fraction of sp³-hybridized carbons (Fsp3) is 0.409. The lowest BCUT2D eigenvalue weighted by molar-refractivity contribution is -0.144. The molecule has 0 bridgehead atoms. The first kappa shape index (κ1) is 22.0. The highest BCUT2D eigenvalue weighted by Crippen LogP contribution is 2.42. The fourth-order valence-electron chi connectivity index (χ4n) is 4.01. The second-order valence-electron chi connectivity index (χ2n) is 7.28. The summed E-state index contributed by atoms with van der Waals surface area (Å²) in [6.45, 7) is 0.914. The van der Waals surface area contributed by atoms with Gasteiger partial charge in [0.05, 0.1) is 31.7 Å². The number of aliphatic carboxylic acids is 1. The highest BCUT2D eigenvalue weighted by molar-refractivity contribution is 5.70. The quantitative estimate of drug-likeness (QED) is 0.736. The predicted octanol–water partition coefficient (Wildman–Crippen LogP) is 4.61. The van der Waals surface area contributed by atoms with Crippen LogP contribution in [0.15, 0.2) is 42.5 Å². The molecule has 2 atom stereocenters. The number of hydrogen-bond acceptors (Lipinski definition) is 4. The summed E-state index contributed by atoms with van der Waals surface area (Å²) in [6.07, 6.45) is -3.18. The van der Waals surface area contributed by atoms with Crippen LogP contribution in [0.2, 0.25) is 0 Å². The Morgan fingerprint density at radius 1 is 1.13 bits per heavy atom. The summed E-state index contributed by atoms with van der Waals surface area (Å²) in [4.78, 5) is 13.6. The van der Waals surface area contributed by atoms with Crippen LogP contribution >= 0.6 is 0 Å². The van der Waals surface area contributed by atoms with E-state index in [2.05, 4.69) is 0 Å². The number of piperidine rings is 1. The lowest BCUT2D eigenvalue weighted by Gasteiger charge is -2.38. The van der Waals surface area contributed by atoms with Crippen molar-refractivity contribution in [2.45, 2.75) is 25.1 Å². The fourth-order valence-corrected chi connectivity index (χ4v) is 4.01. The van der Waals surface area contributed by atoms with Crippen LogP contribution in [0.25, 0.3) is 0 Å². The van der Waals surface area contributed by atoms with Gasteiger partial charge in [-0.15, -0.1) is 0 Å². The van der Waals surface area contributed by atoms with Crippen LogP contribution < -0.4 is 9.47 Å². The molecule has 1 N–H and O–H groups in total. The molecule has 0 spiro atoms. The molecular weight excluding hydrogens is 399 g/mol. The Hall–Kier alpha value is -2.74. The molecule has 1 fully saturated rings. The number of methoxy groups -OCH3 is 2. The highest BCUT2D eigenvalue weighted by atomic mass is 19.4. The van der Waals surface area contributed by atoms with Gasteiger partial charge in [0.1, 0.15) is 0 Å². The second kappa shape index (κ2) is 8.95. The molecule has 2 unspecified atom stereocenters. The number of hydrogen-bond donors (Lipinski definition) is 1. The van der Waals surface area contributed by atoms with Gasteiger partial charge in [-0.3, -0.25) is 9.69 Å². The van der Waals surface area contributed by atoms with Crippen molar-refractivity contribution in [1.82, 2.24) is 4.90 Å². The summed E-state index contributed by atoms with van der Waals surface area (Å²) >= 11 is 0. The van der Waals surface area contributed by atoms with Gasteiger partial charge in [-0.05, 0) is 43.1 Å². The van der Waals surface area contributed by atoms with Crippen LogP contribution in [0.3, 0.4) is 0 Å². The van der Waals surface area contributed by atoms with Crippen molar-refractivity contribution in [1.29, 1.82) is 0 Å². The van der Waals surface area contributed by atoms with Gasteiger partial charge < -0.3 is 14.6 Å². The first-order chi connectivity index (χ1) is 14.3. The summed E-state index contributed by atoms with van der Waals surface area (Å²) in [6, 6.07) is 9.86. The monoisotopic (exact) mass is 423 g/mol. The summed E-state index contributed by atoms with van der Waals surface area (Å²) < 4.78 is 50.1. The first-order valence-corrected chi connectivity index (χ1v) is 9.61. The van der Waals surface area contributed by atoms with Crippen molar-refractivity contribution < 1.29 is 32.5 Å². The maximum atomic E-state index is 13.0. The van der Waals surface area contributed by atoms with E-state index in [-0.39, 0.29) is 0 Å². The molecule has 2 aromatic carbocycles. The molecule has 3 rings (SSSR count). The van der Waals surface area contributed by atoms with Crippen LogP contribution in [-0.2, 0) is 11.0 Å². The van der Waals surface area contributed by atoms with Crippen molar-refractivity contribution >= 4 is 5.97 Å². The number of rotatable bonds is 6. The molecule has 0 aliphatic carbocycles. The van der Waals surface area contributed by atoms with Gasteiger partial charge in [-0.25, -0.2) is 0 Å². The number of likely N-dealkylation sites (tertiary alicyclic amines) is 1. The Morgan fingerprint density at radius 3 is 2.40 bits per heavy atom. The minimum Gasteiger partial charge on any atom is -0.493 e. The van der Waals surface area contributed by atoms with E-state index in [0.29, 0.717) is 48.6 Å². The van der Waals surface area contributed by atoms with Crippen LogP contribution in [0.4, 0.5) is 13.2 Å². The molecule has 0 saturated carbocycles. The van der Waals surface area contributed by atoms with Crippen LogP contribution in [0.1, 0.15) is 35.6 Å². The maximum Gasteiger partial charge on any atom is 0.416 e. The second-order valence-corrected chi connectivity index (χ2v) is 7.28. The number of carboxylic acid groups (broad SMARTS) is 1. The molecule has 5 nitrogen and oxygen atoms in total. The summed E-state index contributed by atoms with van der Waals surface area (Å²) in [5, 5.41) is 9.49. The third kappa shape index (κ3) is 4.53. The van der Waals surface area contributed by atoms with Gasteiger partial charge in [-0.2, -0.15) is 13.2 Å². The molecule has 0 aromatic heterocycles. The lowest BCUT2D eigenvalue weighted by atomic mass is 9.90. The number of para-hydroxylation sites is 1. The van der Waals surface area contributed by atoms with Gasteiger partial charge in [0.25, 0.3) is 0 Å². The maximum absolute atomic E-state index is 13.0. The normalized spacial score (nSPS) is 18.6. The number of halogens is 3. The zero-order valence-electron chi connectivity index (χ0n) is 16.8. The number of nitrogens with zero attached hydrogens (tertiary/aromatic N) is 1.